The molecule has 1 aromatic rings. The Bertz CT molecular complexity index is 530. The predicted molar refractivity (Wildman–Crippen MR) is 79.1 cm³/mol. The molecule has 1 heterocycles. The first-order valence-electron chi connectivity index (χ1n) is 6.98. The van der Waals surface area contributed by atoms with Crippen molar-refractivity contribution < 1.29 is 9.53 Å². The first-order valence-corrected chi connectivity index (χ1v) is 6.98. The van der Waals surface area contributed by atoms with Gasteiger partial charge in [0.1, 0.15) is 5.60 Å². The van der Waals surface area contributed by atoms with Gasteiger partial charge in [0.05, 0.1) is 12.1 Å². The van der Waals surface area contributed by atoms with Crippen molar-refractivity contribution in [2.45, 2.75) is 58.8 Å². The van der Waals surface area contributed by atoms with Crippen LogP contribution in [0.2, 0.25) is 0 Å². The lowest BCUT2D eigenvalue weighted by Gasteiger charge is -2.34. The Kier molecular flexibility index (Phi) is 3.54. The van der Waals surface area contributed by atoms with Gasteiger partial charge in [-0.05, 0) is 51.3 Å². The summed E-state index contributed by atoms with van der Waals surface area (Å²) in [6.45, 7) is 10.8. The van der Waals surface area contributed by atoms with Gasteiger partial charge in [-0.1, -0.05) is 18.2 Å². The summed E-state index contributed by atoms with van der Waals surface area (Å²) in [5.41, 5.74) is 8.26. The molecular formula is C16H24N2O2. The van der Waals surface area contributed by atoms with E-state index in [0.717, 1.165) is 16.7 Å². The van der Waals surface area contributed by atoms with Gasteiger partial charge in [-0.2, -0.15) is 0 Å². The molecule has 0 unspecified atom stereocenters. The first kappa shape index (κ1) is 14.9. The van der Waals surface area contributed by atoms with Crippen LogP contribution in [0.15, 0.2) is 18.2 Å². The highest BCUT2D eigenvalue weighted by Crippen LogP contribution is 2.39. The third-order valence-electron chi connectivity index (χ3n) is 3.69. The summed E-state index contributed by atoms with van der Waals surface area (Å²) in [6, 6.07) is 6.18. The number of benzene rings is 1. The molecule has 0 saturated heterocycles. The molecule has 0 bridgehead atoms. The number of nitrogens with two attached hydrogens (primary N) is 1. The number of ether oxygens (including phenoxy) is 1. The molecule has 0 aliphatic carbocycles. The fraction of sp³-hybridized carbons (Fsp3) is 0.562. The maximum absolute atomic E-state index is 12.4. The van der Waals surface area contributed by atoms with E-state index in [1.807, 2.05) is 40.7 Å². The number of hydrogen-bond acceptors (Lipinski definition) is 3. The van der Waals surface area contributed by atoms with E-state index in [9.17, 15) is 4.79 Å². The van der Waals surface area contributed by atoms with Crippen LogP contribution in [-0.2, 0) is 23.4 Å². The predicted octanol–water partition coefficient (Wildman–Crippen LogP) is 3.13. The topological polar surface area (TPSA) is 55.6 Å². The lowest BCUT2D eigenvalue weighted by atomic mass is 9.92. The fourth-order valence-electron chi connectivity index (χ4n) is 2.58. The monoisotopic (exact) mass is 276 g/mol. The normalized spacial score (nSPS) is 17.0. The average molecular weight is 276 g/mol. The minimum absolute atomic E-state index is 0.270. The minimum atomic E-state index is -0.482. The average Bonchev–Trinajstić information content (AvgIpc) is 2.59. The number of carbonyl (C=O) groups is 1. The quantitative estimate of drug-likeness (QED) is 0.857. The second kappa shape index (κ2) is 4.77. The van der Waals surface area contributed by atoms with E-state index in [1.54, 1.807) is 4.90 Å². The van der Waals surface area contributed by atoms with E-state index in [-0.39, 0.29) is 11.6 Å². The van der Waals surface area contributed by atoms with E-state index >= 15 is 0 Å². The molecule has 1 aromatic carbocycles. The van der Waals surface area contributed by atoms with Crippen molar-refractivity contribution in [2.24, 2.45) is 5.73 Å². The van der Waals surface area contributed by atoms with Gasteiger partial charge in [-0.25, -0.2) is 4.79 Å². The Morgan fingerprint density at radius 1 is 1.40 bits per heavy atom. The SMILES string of the molecule is CC(C)(C)OC(=O)N1Cc2ccc(CN)cc2C1(C)C. The van der Waals surface area contributed by atoms with Crippen molar-refractivity contribution in [2.75, 3.05) is 0 Å². The van der Waals surface area contributed by atoms with E-state index in [0.29, 0.717) is 13.1 Å². The Morgan fingerprint density at radius 2 is 2.05 bits per heavy atom. The highest BCUT2D eigenvalue weighted by Gasteiger charge is 2.42. The van der Waals surface area contributed by atoms with Crippen LogP contribution >= 0.6 is 0 Å². The Hall–Kier alpha value is -1.55. The van der Waals surface area contributed by atoms with Crippen LogP contribution in [0.3, 0.4) is 0 Å². The van der Waals surface area contributed by atoms with Crippen molar-refractivity contribution in [1.29, 1.82) is 0 Å². The van der Waals surface area contributed by atoms with Gasteiger partial charge in [0.25, 0.3) is 0 Å². The summed E-state index contributed by atoms with van der Waals surface area (Å²) in [5.74, 6) is 0. The molecule has 1 amide bonds. The molecule has 2 N–H and O–H groups in total. The van der Waals surface area contributed by atoms with E-state index < -0.39 is 5.60 Å². The van der Waals surface area contributed by atoms with Crippen LogP contribution < -0.4 is 5.73 Å². The highest BCUT2D eigenvalue weighted by atomic mass is 16.6. The Morgan fingerprint density at radius 3 is 2.60 bits per heavy atom. The van der Waals surface area contributed by atoms with Gasteiger partial charge in [-0.15, -0.1) is 0 Å². The van der Waals surface area contributed by atoms with Gasteiger partial charge in [0, 0.05) is 6.54 Å². The number of rotatable bonds is 1. The third kappa shape index (κ3) is 2.66. The molecule has 4 nitrogen and oxygen atoms in total. The van der Waals surface area contributed by atoms with E-state index in [4.69, 9.17) is 10.5 Å². The molecule has 0 saturated carbocycles. The molecule has 1 aliphatic rings. The van der Waals surface area contributed by atoms with E-state index in [1.165, 1.54) is 0 Å². The highest BCUT2D eigenvalue weighted by molar-refractivity contribution is 5.71. The van der Waals surface area contributed by atoms with Gasteiger partial charge < -0.3 is 10.5 Å². The maximum atomic E-state index is 12.4. The molecule has 0 fully saturated rings. The lowest BCUT2D eigenvalue weighted by Crippen LogP contribution is -2.43. The molecule has 20 heavy (non-hydrogen) atoms. The van der Waals surface area contributed by atoms with Gasteiger partial charge in [-0.3, -0.25) is 4.90 Å². The largest absolute Gasteiger partial charge is 0.444 e. The van der Waals surface area contributed by atoms with Crippen molar-refractivity contribution in [3.8, 4) is 0 Å². The zero-order valence-corrected chi connectivity index (χ0v) is 13.0. The van der Waals surface area contributed by atoms with Crippen molar-refractivity contribution in [3.05, 3.63) is 34.9 Å². The third-order valence-corrected chi connectivity index (χ3v) is 3.69. The summed E-state index contributed by atoms with van der Waals surface area (Å²) in [7, 11) is 0. The number of nitrogens with zero attached hydrogens (tertiary/aromatic N) is 1. The number of amides is 1. The maximum Gasteiger partial charge on any atom is 0.411 e. The van der Waals surface area contributed by atoms with Crippen LogP contribution in [0.4, 0.5) is 4.79 Å². The minimum Gasteiger partial charge on any atom is -0.444 e. The van der Waals surface area contributed by atoms with Crippen molar-refractivity contribution >= 4 is 6.09 Å². The molecule has 0 radical (unpaired) electrons. The molecule has 0 spiro atoms. The molecule has 0 aromatic heterocycles. The second-order valence-corrected chi connectivity index (χ2v) is 6.82. The van der Waals surface area contributed by atoms with Crippen LogP contribution in [-0.4, -0.2) is 16.6 Å². The number of fused-ring (bicyclic) bond motifs is 1. The van der Waals surface area contributed by atoms with Crippen molar-refractivity contribution in [1.82, 2.24) is 4.90 Å². The first-order chi connectivity index (χ1) is 9.15. The van der Waals surface area contributed by atoms with Gasteiger partial charge in [0.2, 0.25) is 0 Å². The van der Waals surface area contributed by atoms with Crippen molar-refractivity contribution in [3.63, 3.8) is 0 Å². The standard InChI is InChI=1S/C16H24N2O2/c1-15(2,3)20-14(19)18-10-12-7-6-11(9-17)8-13(12)16(18,4)5/h6-8H,9-10,17H2,1-5H3. The van der Waals surface area contributed by atoms with Crippen LogP contribution in [0.25, 0.3) is 0 Å². The fourth-order valence-corrected chi connectivity index (χ4v) is 2.58. The number of hydrogen-bond donors (Lipinski definition) is 1. The zero-order valence-electron chi connectivity index (χ0n) is 13.0. The molecular weight excluding hydrogens is 252 g/mol. The van der Waals surface area contributed by atoms with E-state index in [2.05, 4.69) is 12.1 Å². The summed E-state index contributed by atoms with van der Waals surface area (Å²) in [5, 5.41) is 0. The summed E-state index contributed by atoms with van der Waals surface area (Å²) >= 11 is 0. The Labute approximate surface area is 120 Å². The Balaban J connectivity index is 2.31. The summed E-state index contributed by atoms with van der Waals surface area (Å²) in [6.07, 6.45) is -0.270. The molecule has 0 atom stereocenters. The second-order valence-electron chi connectivity index (χ2n) is 6.82. The molecule has 110 valence electrons. The van der Waals surface area contributed by atoms with Gasteiger partial charge >= 0.3 is 6.09 Å². The summed E-state index contributed by atoms with van der Waals surface area (Å²) < 4.78 is 5.51. The lowest BCUT2D eigenvalue weighted by molar-refractivity contribution is 0.00519. The van der Waals surface area contributed by atoms with Gasteiger partial charge in [0.15, 0.2) is 0 Å². The molecule has 1 aliphatic heterocycles. The van der Waals surface area contributed by atoms with Crippen LogP contribution in [0.5, 0.6) is 0 Å². The summed E-state index contributed by atoms with van der Waals surface area (Å²) in [4.78, 5) is 14.2. The van der Waals surface area contributed by atoms with Crippen LogP contribution in [0, 0.1) is 0 Å². The molecule has 4 heteroatoms. The van der Waals surface area contributed by atoms with Crippen LogP contribution in [0.1, 0.15) is 51.3 Å². The smallest absolute Gasteiger partial charge is 0.411 e. The molecule has 2 rings (SSSR count). The zero-order chi connectivity index (χ0) is 15.1. The number of carbonyl (C=O) groups excluding carboxylic acids is 1.